The second kappa shape index (κ2) is 8.32. The maximum atomic E-state index is 12.5. The third-order valence-electron chi connectivity index (χ3n) is 3.75. The number of fused-ring (bicyclic) bond motifs is 1. The first kappa shape index (κ1) is 19.9. The smallest absolute Gasteiger partial charge is 0.323 e. The molecule has 2 rings (SSSR count). The molecule has 0 saturated heterocycles. The molecule has 0 fully saturated rings. The van der Waals surface area contributed by atoms with E-state index >= 15 is 0 Å². The molecule has 0 saturated carbocycles. The fourth-order valence-electron chi connectivity index (χ4n) is 2.55. The van der Waals surface area contributed by atoms with Gasteiger partial charge in [-0.2, -0.15) is 0 Å². The highest BCUT2D eigenvalue weighted by Crippen LogP contribution is 2.20. The van der Waals surface area contributed by atoms with Gasteiger partial charge in [-0.05, 0) is 19.1 Å². The van der Waals surface area contributed by atoms with E-state index < -0.39 is 49.0 Å². The van der Waals surface area contributed by atoms with E-state index in [0.717, 1.165) is 0 Å². The zero-order valence-corrected chi connectivity index (χ0v) is 14.4. The van der Waals surface area contributed by atoms with Crippen LogP contribution in [-0.2, 0) is 20.9 Å². The van der Waals surface area contributed by atoms with Crippen LogP contribution < -0.4 is 10.6 Å². The minimum Gasteiger partial charge on any atom is -0.481 e. The summed E-state index contributed by atoms with van der Waals surface area (Å²) >= 11 is 0. The van der Waals surface area contributed by atoms with Gasteiger partial charge < -0.3 is 30.5 Å². The van der Waals surface area contributed by atoms with Gasteiger partial charge in [-0.25, -0.2) is 0 Å². The third kappa shape index (κ3) is 5.05. The Bertz CT molecular complexity index is 890. The van der Waals surface area contributed by atoms with Crippen LogP contribution in [0.1, 0.15) is 23.8 Å². The van der Waals surface area contributed by atoms with E-state index in [1.165, 1.54) is 17.6 Å². The number of hydrogen-bond acceptors (Lipinski definition) is 5. The van der Waals surface area contributed by atoms with E-state index in [1.807, 2.05) is 0 Å². The van der Waals surface area contributed by atoms with Crippen LogP contribution in [0.15, 0.2) is 30.3 Å². The first-order valence-corrected chi connectivity index (χ1v) is 8.00. The summed E-state index contributed by atoms with van der Waals surface area (Å²) in [5, 5.41) is 32.2. The lowest BCUT2D eigenvalue weighted by atomic mass is 10.2. The van der Waals surface area contributed by atoms with Gasteiger partial charge in [-0.1, -0.05) is 18.2 Å². The molecule has 2 aromatic rings. The molecule has 1 heterocycles. The van der Waals surface area contributed by atoms with Crippen molar-refractivity contribution in [3.63, 3.8) is 0 Å². The molecule has 0 aliphatic rings. The molecule has 144 valence electrons. The number of amides is 2. The van der Waals surface area contributed by atoms with Crippen molar-refractivity contribution >= 4 is 34.7 Å². The number of benzene rings is 1. The first-order chi connectivity index (χ1) is 12.7. The van der Waals surface area contributed by atoms with Gasteiger partial charge in [0.2, 0.25) is 5.91 Å². The van der Waals surface area contributed by atoms with E-state index in [0.29, 0.717) is 10.9 Å². The lowest BCUT2D eigenvalue weighted by Gasteiger charge is -2.17. The maximum absolute atomic E-state index is 12.5. The Morgan fingerprint density at radius 1 is 1.07 bits per heavy atom. The van der Waals surface area contributed by atoms with E-state index in [9.17, 15) is 24.3 Å². The van der Waals surface area contributed by atoms with Gasteiger partial charge >= 0.3 is 11.9 Å². The standard InChI is InChI=1S/C17H19N3O7/c1-9(16(26)19-13(21)7-14(22)23)18-17(27)12-6-10-4-2-3-5-11(10)20(12)8-15(24)25/h2-6,9,13,21H,7-8H2,1H3,(H,18,27)(H,19,26)(H,22,23)(H,24,25)/t9-,13-/m0/s1. The number of nitrogens with zero attached hydrogens (tertiary/aromatic N) is 1. The summed E-state index contributed by atoms with van der Waals surface area (Å²) in [7, 11) is 0. The van der Waals surface area contributed by atoms with Crippen molar-refractivity contribution in [2.75, 3.05) is 0 Å². The van der Waals surface area contributed by atoms with Crippen LogP contribution in [0.25, 0.3) is 10.9 Å². The second-order valence-electron chi connectivity index (χ2n) is 5.89. The molecule has 1 aromatic heterocycles. The fraction of sp³-hybridized carbons (Fsp3) is 0.294. The van der Waals surface area contributed by atoms with E-state index in [4.69, 9.17) is 10.2 Å². The number of nitrogens with one attached hydrogen (secondary N) is 2. The number of para-hydroxylation sites is 1. The summed E-state index contributed by atoms with van der Waals surface area (Å²) in [6.45, 7) is 0.916. The number of carboxylic acids is 2. The molecule has 0 radical (unpaired) electrons. The molecule has 10 heteroatoms. The van der Waals surface area contributed by atoms with Gasteiger partial charge in [0.15, 0.2) is 0 Å². The van der Waals surface area contributed by atoms with Crippen molar-refractivity contribution in [1.82, 2.24) is 15.2 Å². The molecule has 0 spiro atoms. The molecule has 27 heavy (non-hydrogen) atoms. The molecule has 2 atom stereocenters. The summed E-state index contributed by atoms with van der Waals surface area (Å²) < 4.78 is 1.32. The SMILES string of the molecule is C[C@H](NC(=O)c1cc2ccccc2n1CC(=O)O)C(=O)N[C@@H](O)CC(=O)O. The molecular formula is C17H19N3O7. The van der Waals surface area contributed by atoms with Crippen LogP contribution in [0.5, 0.6) is 0 Å². The average Bonchev–Trinajstić information content (AvgIpc) is 2.92. The van der Waals surface area contributed by atoms with Crippen molar-refractivity contribution in [2.24, 2.45) is 0 Å². The summed E-state index contributed by atoms with van der Waals surface area (Å²) in [5.41, 5.74) is 0.614. The minimum absolute atomic E-state index is 0.0596. The van der Waals surface area contributed by atoms with Crippen LogP contribution in [0.4, 0.5) is 0 Å². The predicted molar refractivity (Wildman–Crippen MR) is 92.9 cm³/mol. The molecule has 10 nitrogen and oxygen atoms in total. The highest BCUT2D eigenvalue weighted by atomic mass is 16.4. The first-order valence-electron chi connectivity index (χ1n) is 8.00. The Labute approximate surface area is 153 Å². The van der Waals surface area contributed by atoms with Crippen molar-refractivity contribution in [2.45, 2.75) is 32.2 Å². The number of carbonyl (C=O) groups is 4. The van der Waals surface area contributed by atoms with Crippen molar-refractivity contribution in [3.8, 4) is 0 Å². The number of aliphatic hydroxyl groups excluding tert-OH is 1. The summed E-state index contributed by atoms with van der Waals surface area (Å²) in [4.78, 5) is 46.1. The van der Waals surface area contributed by atoms with Gasteiger partial charge in [-0.15, -0.1) is 0 Å². The Morgan fingerprint density at radius 2 is 1.74 bits per heavy atom. The number of aliphatic hydroxyl groups is 1. The maximum Gasteiger partial charge on any atom is 0.323 e. The van der Waals surface area contributed by atoms with Gasteiger partial charge in [0.25, 0.3) is 5.91 Å². The Kier molecular flexibility index (Phi) is 6.14. The number of aromatic nitrogens is 1. The monoisotopic (exact) mass is 377 g/mol. The number of hydrogen-bond donors (Lipinski definition) is 5. The van der Waals surface area contributed by atoms with Crippen LogP contribution in [0.2, 0.25) is 0 Å². The van der Waals surface area contributed by atoms with Crippen molar-refractivity contribution < 1.29 is 34.5 Å². The molecule has 1 aromatic carbocycles. The zero-order valence-electron chi connectivity index (χ0n) is 14.4. The molecule has 0 unspecified atom stereocenters. The molecule has 5 N–H and O–H groups in total. The highest BCUT2D eigenvalue weighted by Gasteiger charge is 2.23. The molecule has 0 aliphatic heterocycles. The molecule has 0 aliphatic carbocycles. The third-order valence-corrected chi connectivity index (χ3v) is 3.75. The highest BCUT2D eigenvalue weighted by molar-refractivity contribution is 6.01. The van der Waals surface area contributed by atoms with Crippen molar-refractivity contribution in [3.05, 3.63) is 36.0 Å². The Morgan fingerprint density at radius 3 is 2.37 bits per heavy atom. The lowest BCUT2D eigenvalue weighted by Crippen LogP contribution is -2.48. The molecule has 2 amide bonds. The summed E-state index contributed by atoms with van der Waals surface area (Å²) in [5.74, 6) is -3.88. The quantitative estimate of drug-likeness (QED) is 0.397. The van der Waals surface area contributed by atoms with Crippen molar-refractivity contribution in [1.29, 1.82) is 0 Å². The van der Waals surface area contributed by atoms with Crippen LogP contribution in [0.3, 0.4) is 0 Å². The van der Waals surface area contributed by atoms with Gasteiger partial charge in [0.1, 0.15) is 24.5 Å². The number of rotatable bonds is 8. The largest absolute Gasteiger partial charge is 0.481 e. The van der Waals surface area contributed by atoms with Gasteiger partial charge in [-0.3, -0.25) is 19.2 Å². The normalized spacial score (nSPS) is 13.0. The molecular weight excluding hydrogens is 358 g/mol. The van der Waals surface area contributed by atoms with Gasteiger partial charge in [0, 0.05) is 10.9 Å². The number of aliphatic carboxylic acids is 2. The van der Waals surface area contributed by atoms with Crippen LogP contribution in [-0.4, -0.2) is 55.9 Å². The van der Waals surface area contributed by atoms with E-state index in [2.05, 4.69) is 10.6 Å². The minimum atomic E-state index is -1.59. The second-order valence-corrected chi connectivity index (χ2v) is 5.89. The summed E-state index contributed by atoms with van der Waals surface area (Å²) in [6, 6.07) is 7.28. The van der Waals surface area contributed by atoms with Crippen LogP contribution >= 0.6 is 0 Å². The lowest BCUT2D eigenvalue weighted by molar-refractivity contribution is -0.140. The average molecular weight is 377 g/mol. The molecule has 0 bridgehead atoms. The topological polar surface area (TPSA) is 158 Å². The summed E-state index contributed by atoms with van der Waals surface area (Å²) in [6.07, 6.45) is -2.27. The number of carbonyl (C=O) groups excluding carboxylic acids is 2. The van der Waals surface area contributed by atoms with Crippen LogP contribution in [0, 0.1) is 0 Å². The zero-order chi connectivity index (χ0) is 20.1. The van der Waals surface area contributed by atoms with E-state index in [-0.39, 0.29) is 5.69 Å². The van der Waals surface area contributed by atoms with E-state index in [1.54, 1.807) is 24.3 Å². The van der Waals surface area contributed by atoms with Gasteiger partial charge in [0.05, 0.1) is 6.42 Å². The number of carboxylic acid groups (broad SMARTS) is 2. The Balaban J connectivity index is 2.16. The fourth-order valence-corrected chi connectivity index (χ4v) is 2.55. The Hall–Kier alpha value is -3.40. The predicted octanol–water partition coefficient (Wildman–Crippen LogP) is -0.247.